The molecule has 6 nitrogen and oxygen atoms in total. The molecule has 0 atom stereocenters. The first kappa shape index (κ1) is 18.5. The summed E-state index contributed by atoms with van der Waals surface area (Å²) in [6, 6.07) is 4.05. The zero-order chi connectivity index (χ0) is 17.9. The quantitative estimate of drug-likeness (QED) is 0.780. The average molecular weight is 402 g/mol. The van der Waals surface area contributed by atoms with Crippen molar-refractivity contribution in [3.8, 4) is 0 Å². The molecule has 0 radical (unpaired) electrons. The summed E-state index contributed by atoms with van der Waals surface area (Å²) in [6.07, 6.45) is -0.387. The molecule has 3 amide bonds. The highest BCUT2D eigenvalue weighted by molar-refractivity contribution is 9.10. The molecule has 1 heterocycles. The zero-order valence-corrected chi connectivity index (χ0v) is 15.5. The second kappa shape index (κ2) is 7.38. The van der Waals surface area contributed by atoms with Gasteiger partial charge in [-0.2, -0.15) is 0 Å². The third kappa shape index (κ3) is 5.09. The van der Waals surface area contributed by atoms with Gasteiger partial charge in [-0.25, -0.2) is 14.0 Å². The molecule has 0 bridgehead atoms. The van der Waals surface area contributed by atoms with Crippen molar-refractivity contribution < 1.29 is 18.7 Å². The molecule has 1 fully saturated rings. The number of hydrogen-bond acceptors (Lipinski definition) is 3. The molecule has 1 saturated heterocycles. The lowest BCUT2D eigenvalue weighted by Gasteiger charge is -2.35. The standard InChI is InChI=1S/C16H21BrFN3O3/c1-16(2,3)24-15(23)21-8-6-20(7-9-21)14(22)19-13-5-4-11(17)10-12(13)18/h4-5,10H,6-9H2,1-3H3,(H,19,22). The Morgan fingerprint density at radius 1 is 1.17 bits per heavy atom. The van der Waals surface area contributed by atoms with E-state index in [4.69, 9.17) is 4.74 Å². The van der Waals surface area contributed by atoms with Crippen LogP contribution in [0.25, 0.3) is 0 Å². The van der Waals surface area contributed by atoms with Crippen LogP contribution in [-0.4, -0.2) is 53.7 Å². The van der Waals surface area contributed by atoms with Crippen LogP contribution >= 0.6 is 15.9 Å². The van der Waals surface area contributed by atoms with Gasteiger partial charge in [0.15, 0.2) is 0 Å². The number of amides is 3. The van der Waals surface area contributed by atoms with E-state index in [9.17, 15) is 14.0 Å². The number of piperazine rings is 1. The van der Waals surface area contributed by atoms with Crippen molar-refractivity contribution in [2.75, 3.05) is 31.5 Å². The van der Waals surface area contributed by atoms with E-state index in [-0.39, 0.29) is 17.8 Å². The van der Waals surface area contributed by atoms with Gasteiger partial charge in [0.1, 0.15) is 11.4 Å². The molecule has 8 heteroatoms. The predicted molar refractivity (Wildman–Crippen MR) is 92.5 cm³/mol. The van der Waals surface area contributed by atoms with Crippen LogP contribution in [-0.2, 0) is 4.74 Å². The number of carbonyl (C=O) groups is 2. The van der Waals surface area contributed by atoms with Crippen LogP contribution in [0.1, 0.15) is 20.8 Å². The lowest BCUT2D eigenvalue weighted by atomic mass is 10.2. The van der Waals surface area contributed by atoms with Gasteiger partial charge in [-0.1, -0.05) is 15.9 Å². The van der Waals surface area contributed by atoms with E-state index >= 15 is 0 Å². The molecule has 132 valence electrons. The highest BCUT2D eigenvalue weighted by Crippen LogP contribution is 2.20. The second-order valence-electron chi connectivity index (χ2n) is 6.51. The normalized spacial score (nSPS) is 15.2. The van der Waals surface area contributed by atoms with Crippen LogP contribution in [0.15, 0.2) is 22.7 Å². The zero-order valence-electron chi connectivity index (χ0n) is 13.9. The number of benzene rings is 1. The van der Waals surface area contributed by atoms with Gasteiger partial charge in [0, 0.05) is 30.7 Å². The van der Waals surface area contributed by atoms with Gasteiger partial charge in [0.05, 0.1) is 5.69 Å². The highest BCUT2D eigenvalue weighted by Gasteiger charge is 2.27. The average Bonchev–Trinajstić information content (AvgIpc) is 2.48. The Bertz CT molecular complexity index is 625. The number of rotatable bonds is 1. The van der Waals surface area contributed by atoms with Crippen LogP contribution in [0.2, 0.25) is 0 Å². The van der Waals surface area contributed by atoms with E-state index in [1.165, 1.54) is 12.1 Å². The number of carbonyl (C=O) groups excluding carboxylic acids is 2. The molecule has 0 aliphatic carbocycles. The van der Waals surface area contributed by atoms with E-state index in [1.807, 2.05) is 0 Å². The lowest BCUT2D eigenvalue weighted by Crippen LogP contribution is -2.52. The summed E-state index contributed by atoms with van der Waals surface area (Å²) in [5, 5.41) is 2.55. The number of nitrogens with one attached hydrogen (secondary N) is 1. The largest absolute Gasteiger partial charge is 0.444 e. The first-order valence-electron chi connectivity index (χ1n) is 7.64. The molecule has 0 unspecified atom stereocenters. The molecule has 0 aromatic heterocycles. The summed E-state index contributed by atoms with van der Waals surface area (Å²) in [5.74, 6) is -0.509. The number of nitrogens with zero attached hydrogens (tertiary/aromatic N) is 2. The minimum absolute atomic E-state index is 0.123. The van der Waals surface area contributed by atoms with Crippen molar-refractivity contribution in [1.82, 2.24) is 9.80 Å². The molecule has 1 aromatic carbocycles. The van der Waals surface area contributed by atoms with E-state index in [0.717, 1.165) is 0 Å². The van der Waals surface area contributed by atoms with E-state index in [0.29, 0.717) is 30.7 Å². The second-order valence-corrected chi connectivity index (χ2v) is 7.42. The number of ether oxygens (including phenoxy) is 1. The number of anilines is 1. The van der Waals surface area contributed by atoms with E-state index in [1.54, 1.807) is 36.6 Å². The van der Waals surface area contributed by atoms with Crippen molar-refractivity contribution in [2.24, 2.45) is 0 Å². The fourth-order valence-electron chi connectivity index (χ4n) is 2.20. The fraction of sp³-hybridized carbons (Fsp3) is 0.500. The minimum Gasteiger partial charge on any atom is -0.444 e. The SMILES string of the molecule is CC(C)(C)OC(=O)N1CCN(C(=O)Nc2ccc(Br)cc2F)CC1. The molecule has 0 saturated carbocycles. The van der Waals surface area contributed by atoms with Gasteiger partial charge < -0.3 is 19.9 Å². The smallest absolute Gasteiger partial charge is 0.410 e. The van der Waals surface area contributed by atoms with Crippen LogP contribution in [0.5, 0.6) is 0 Å². The third-order valence-corrected chi connectivity index (χ3v) is 3.88. The monoisotopic (exact) mass is 401 g/mol. The topological polar surface area (TPSA) is 61.9 Å². The Labute approximate surface area is 149 Å². The number of halogens is 2. The first-order valence-corrected chi connectivity index (χ1v) is 8.44. The van der Waals surface area contributed by atoms with Crippen LogP contribution in [0.4, 0.5) is 19.7 Å². The third-order valence-electron chi connectivity index (χ3n) is 3.39. The fourth-order valence-corrected chi connectivity index (χ4v) is 2.54. The summed E-state index contributed by atoms with van der Waals surface area (Å²) in [7, 11) is 0. The van der Waals surface area contributed by atoms with Gasteiger partial charge in [-0.05, 0) is 39.0 Å². The molecular weight excluding hydrogens is 381 g/mol. The molecule has 1 N–H and O–H groups in total. The van der Waals surface area contributed by atoms with Gasteiger partial charge in [0.2, 0.25) is 0 Å². The summed E-state index contributed by atoms with van der Waals surface area (Å²) < 4.78 is 19.7. The highest BCUT2D eigenvalue weighted by atomic mass is 79.9. The maximum Gasteiger partial charge on any atom is 0.410 e. The van der Waals surface area contributed by atoms with Crippen molar-refractivity contribution in [2.45, 2.75) is 26.4 Å². The van der Waals surface area contributed by atoms with Crippen LogP contribution in [0, 0.1) is 5.82 Å². The van der Waals surface area contributed by atoms with Crippen molar-refractivity contribution in [3.05, 3.63) is 28.5 Å². The molecular formula is C16H21BrFN3O3. The Hall–Kier alpha value is -1.83. The van der Waals surface area contributed by atoms with Crippen molar-refractivity contribution in [1.29, 1.82) is 0 Å². The maximum atomic E-state index is 13.8. The van der Waals surface area contributed by atoms with Crippen LogP contribution in [0.3, 0.4) is 0 Å². The molecule has 1 aliphatic heterocycles. The molecule has 2 rings (SSSR count). The van der Waals surface area contributed by atoms with E-state index in [2.05, 4.69) is 21.2 Å². The summed E-state index contributed by atoms with van der Waals surface area (Å²) in [4.78, 5) is 27.3. The first-order chi connectivity index (χ1) is 11.2. The Morgan fingerprint density at radius 2 is 1.75 bits per heavy atom. The van der Waals surface area contributed by atoms with Gasteiger partial charge in [-0.15, -0.1) is 0 Å². The Balaban J connectivity index is 1.87. The Morgan fingerprint density at radius 3 is 2.29 bits per heavy atom. The number of urea groups is 1. The van der Waals surface area contributed by atoms with Crippen molar-refractivity contribution in [3.63, 3.8) is 0 Å². The van der Waals surface area contributed by atoms with Crippen LogP contribution < -0.4 is 5.32 Å². The maximum absolute atomic E-state index is 13.8. The van der Waals surface area contributed by atoms with Gasteiger partial charge in [-0.3, -0.25) is 0 Å². The molecule has 0 spiro atoms. The minimum atomic E-state index is -0.551. The lowest BCUT2D eigenvalue weighted by molar-refractivity contribution is 0.0174. The molecule has 24 heavy (non-hydrogen) atoms. The number of hydrogen-bond donors (Lipinski definition) is 1. The van der Waals surface area contributed by atoms with Gasteiger partial charge in [0.25, 0.3) is 0 Å². The summed E-state index contributed by atoms with van der Waals surface area (Å²) in [5.41, 5.74) is -0.428. The molecule has 1 aliphatic rings. The predicted octanol–water partition coefficient (Wildman–Crippen LogP) is 3.67. The van der Waals surface area contributed by atoms with Crippen molar-refractivity contribution >= 4 is 33.7 Å². The summed E-state index contributed by atoms with van der Waals surface area (Å²) in [6.45, 7) is 6.91. The van der Waals surface area contributed by atoms with Gasteiger partial charge >= 0.3 is 12.1 Å². The summed E-state index contributed by atoms with van der Waals surface area (Å²) >= 11 is 3.17. The molecule has 1 aromatic rings. The van der Waals surface area contributed by atoms with E-state index < -0.39 is 11.4 Å². The Kier molecular flexibility index (Phi) is 5.69.